The van der Waals surface area contributed by atoms with E-state index in [1.165, 1.54) is 6.26 Å². The molecule has 1 N–H and O–H groups in total. The maximum absolute atomic E-state index is 11.7. The van der Waals surface area contributed by atoms with Gasteiger partial charge in [0.05, 0.1) is 15.9 Å². The molecular formula is C15H13BrN2O2S. The number of halogens is 1. The van der Waals surface area contributed by atoms with E-state index in [2.05, 4.69) is 25.9 Å². The fourth-order valence-corrected chi connectivity index (χ4v) is 3.50. The smallest absolute Gasteiger partial charge is 0.175 e. The number of rotatable bonds is 2. The molecule has 3 rings (SSSR count). The first kappa shape index (κ1) is 14.3. The maximum Gasteiger partial charge on any atom is 0.175 e. The van der Waals surface area contributed by atoms with Gasteiger partial charge in [0, 0.05) is 16.3 Å². The van der Waals surface area contributed by atoms with Crippen molar-refractivity contribution < 1.29 is 8.42 Å². The number of sulfone groups is 1. The average molecular weight is 365 g/mol. The third-order valence-electron chi connectivity index (χ3n) is 3.28. The Labute approximate surface area is 131 Å². The first-order valence-electron chi connectivity index (χ1n) is 6.31. The molecule has 0 amide bonds. The van der Waals surface area contributed by atoms with Crippen LogP contribution in [-0.4, -0.2) is 24.6 Å². The normalized spacial score (nSPS) is 12.0. The van der Waals surface area contributed by atoms with Crippen LogP contribution < -0.4 is 0 Å². The van der Waals surface area contributed by atoms with Gasteiger partial charge in [-0.25, -0.2) is 13.4 Å². The number of nitrogens with zero attached hydrogens (tertiary/aromatic N) is 1. The highest BCUT2D eigenvalue weighted by Crippen LogP contribution is 2.27. The van der Waals surface area contributed by atoms with Crippen molar-refractivity contribution in [1.82, 2.24) is 9.97 Å². The molecule has 4 nitrogen and oxygen atoms in total. The van der Waals surface area contributed by atoms with Gasteiger partial charge in [0.25, 0.3) is 0 Å². The second-order valence-electron chi connectivity index (χ2n) is 5.00. The molecule has 6 heteroatoms. The molecule has 0 atom stereocenters. The third-order valence-corrected chi connectivity index (χ3v) is 4.85. The van der Waals surface area contributed by atoms with E-state index in [0.717, 1.165) is 26.6 Å². The van der Waals surface area contributed by atoms with Crippen LogP contribution in [0.1, 0.15) is 5.56 Å². The largest absolute Gasteiger partial charge is 0.338 e. The number of aromatic amines is 1. The van der Waals surface area contributed by atoms with E-state index in [9.17, 15) is 8.42 Å². The molecule has 0 unspecified atom stereocenters. The van der Waals surface area contributed by atoms with Gasteiger partial charge in [-0.15, -0.1) is 0 Å². The molecule has 0 saturated heterocycles. The van der Waals surface area contributed by atoms with Crippen LogP contribution in [0.4, 0.5) is 0 Å². The summed E-state index contributed by atoms with van der Waals surface area (Å²) >= 11 is 3.46. The third kappa shape index (κ3) is 2.73. The molecule has 21 heavy (non-hydrogen) atoms. The minimum absolute atomic E-state index is 0.290. The van der Waals surface area contributed by atoms with Crippen LogP contribution in [0, 0.1) is 6.92 Å². The predicted molar refractivity (Wildman–Crippen MR) is 87.1 cm³/mol. The highest BCUT2D eigenvalue weighted by molar-refractivity contribution is 9.10. The van der Waals surface area contributed by atoms with Crippen molar-refractivity contribution >= 4 is 36.8 Å². The summed E-state index contributed by atoms with van der Waals surface area (Å²) in [5.41, 5.74) is 3.62. The summed E-state index contributed by atoms with van der Waals surface area (Å²) in [6.07, 6.45) is 1.20. The zero-order valence-corrected chi connectivity index (χ0v) is 13.9. The molecule has 0 aliphatic rings. The highest BCUT2D eigenvalue weighted by atomic mass is 79.9. The van der Waals surface area contributed by atoms with Crippen molar-refractivity contribution in [1.29, 1.82) is 0 Å². The number of fused-ring (bicyclic) bond motifs is 1. The van der Waals surface area contributed by atoms with E-state index < -0.39 is 9.84 Å². The van der Waals surface area contributed by atoms with E-state index in [1.807, 2.05) is 25.1 Å². The summed E-state index contributed by atoms with van der Waals surface area (Å²) in [6.45, 7) is 1.99. The van der Waals surface area contributed by atoms with Gasteiger partial charge in [-0.05, 0) is 36.8 Å². The summed E-state index contributed by atoms with van der Waals surface area (Å²) < 4.78 is 24.3. The number of imidazole rings is 1. The van der Waals surface area contributed by atoms with Gasteiger partial charge in [0.1, 0.15) is 5.82 Å². The Morgan fingerprint density at radius 3 is 2.67 bits per heavy atom. The van der Waals surface area contributed by atoms with E-state index in [0.29, 0.717) is 10.7 Å². The number of H-pyrrole nitrogens is 1. The molecule has 0 bridgehead atoms. The number of hydrogen-bond acceptors (Lipinski definition) is 3. The van der Waals surface area contributed by atoms with Crippen molar-refractivity contribution in [3.05, 3.63) is 46.4 Å². The Morgan fingerprint density at radius 1 is 1.19 bits per heavy atom. The lowest BCUT2D eigenvalue weighted by atomic mass is 10.2. The number of aryl methyl sites for hydroxylation is 1. The maximum atomic E-state index is 11.7. The predicted octanol–water partition coefficient (Wildman–Crippen LogP) is 3.70. The van der Waals surface area contributed by atoms with Gasteiger partial charge in [-0.2, -0.15) is 0 Å². The summed E-state index contributed by atoms with van der Waals surface area (Å²) in [7, 11) is -3.23. The first-order valence-corrected chi connectivity index (χ1v) is 8.99. The fourth-order valence-electron chi connectivity index (χ4n) is 2.26. The summed E-state index contributed by atoms with van der Waals surface area (Å²) in [5.74, 6) is 0.664. The van der Waals surface area contributed by atoms with Crippen LogP contribution in [0.5, 0.6) is 0 Å². The van der Waals surface area contributed by atoms with Crippen LogP contribution in [0.25, 0.3) is 22.4 Å². The minimum Gasteiger partial charge on any atom is -0.338 e. The molecular weight excluding hydrogens is 352 g/mol. The second kappa shape index (κ2) is 4.96. The molecule has 0 spiro atoms. The van der Waals surface area contributed by atoms with Crippen LogP contribution >= 0.6 is 15.9 Å². The molecule has 1 aromatic heterocycles. The second-order valence-corrected chi connectivity index (χ2v) is 7.94. The Kier molecular flexibility index (Phi) is 3.37. The van der Waals surface area contributed by atoms with E-state index in [4.69, 9.17) is 0 Å². The van der Waals surface area contributed by atoms with Gasteiger partial charge in [-0.1, -0.05) is 28.1 Å². The van der Waals surface area contributed by atoms with Gasteiger partial charge >= 0.3 is 0 Å². The molecule has 0 fully saturated rings. The number of nitrogens with one attached hydrogen (secondary N) is 1. The monoisotopic (exact) mass is 364 g/mol. The van der Waals surface area contributed by atoms with Gasteiger partial charge < -0.3 is 4.98 Å². The fraction of sp³-hybridized carbons (Fsp3) is 0.133. The lowest BCUT2D eigenvalue weighted by Gasteiger charge is -2.00. The van der Waals surface area contributed by atoms with E-state index in [1.54, 1.807) is 18.2 Å². The number of hydrogen-bond donors (Lipinski definition) is 1. The molecule has 108 valence electrons. The van der Waals surface area contributed by atoms with Crippen molar-refractivity contribution in [3.8, 4) is 11.4 Å². The highest BCUT2D eigenvalue weighted by Gasteiger charge is 2.12. The van der Waals surface area contributed by atoms with Gasteiger partial charge in [0.2, 0.25) is 0 Å². The lowest BCUT2D eigenvalue weighted by molar-refractivity contribution is 0.602. The van der Waals surface area contributed by atoms with Crippen molar-refractivity contribution in [2.24, 2.45) is 0 Å². The SMILES string of the molecule is Cc1cc(Br)cc2[nH]c(-c3cccc(S(C)(=O)=O)c3)nc12. The standard InChI is InChI=1S/C15H13BrN2O2S/c1-9-6-11(16)8-13-14(9)18-15(17-13)10-4-3-5-12(7-10)21(2,19)20/h3-8H,1-2H3,(H,17,18). The Morgan fingerprint density at radius 2 is 1.95 bits per heavy atom. The quantitative estimate of drug-likeness (QED) is 0.753. The Bertz CT molecular complexity index is 945. The van der Waals surface area contributed by atoms with Gasteiger partial charge in [0.15, 0.2) is 9.84 Å². The average Bonchev–Trinajstić information content (AvgIpc) is 2.82. The molecule has 3 aromatic rings. The topological polar surface area (TPSA) is 62.8 Å². The first-order chi connectivity index (χ1) is 9.84. The van der Waals surface area contributed by atoms with Crippen LogP contribution in [0.3, 0.4) is 0 Å². The molecule has 0 aliphatic carbocycles. The van der Waals surface area contributed by atoms with Crippen LogP contribution in [0.2, 0.25) is 0 Å². The van der Waals surface area contributed by atoms with E-state index in [-0.39, 0.29) is 0 Å². The molecule has 0 aliphatic heterocycles. The Balaban J connectivity index is 2.19. The van der Waals surface area contributed by atoms with Crippen molar-refractivity contribution in [3.63, 3.8) is 0 Å². The summed E-state index contributed by atoms with van der Waals surface area (Å²) in [5, 5.41) is 0. The summed E-state index contributed by atoms with van der Waals surface area (Å²) in [6, 6.07) is 10.7. The van der Waals surface area contributed by atoms with Gasteiger partial charge in [-0.3, -0.25) is 0 Å². The van der Waals surface area contributed by atoms with Crippen LogP contribution in [-0.2, 0) is 9.84 Å². The van der Waals surface area contributed by atoms with Crippen molar-refractivity contribution in [2.45, 2.75) is 11.8 Å². The Hall–Kier alpha value is -1.66. The lowest BCUT2D eigenvalue weighted by Crippen LogP contribution is -1.97. The molecule has 0 saturated carbocycles. The molecule has 0 radical (unpaired) electrons. The number of benzene rings is 2. The minimum atomic E-state index is -3.23. The van der Waals surface area contributed by atoms with E-state index >= 15 is 0 Å². The molecule has 1 heterocycles. The zero-order chi connectivity index (χ0) is 15.2. The van der Waals surface area contributed by atoms with Crippen LogP contribution in [0.15, 0.2) is 45.8 Å². The number of aromatic nitrogens is 2. The summed E-state index contributed by atoms with van der Waals surface area (Å²) in [4.78, 5) is 8.10. The van der Waals surface area contributed by atoms with Crippen molar-refractivity contribution in [2.75, 3.05) is 6.26 Å². The molecule has 2 aromatic carbocycles. The zero-order valence-electron chi connectivity index (χ0n) is 11.5.